The van der Waals surface area contributed by atoms with E-state index in [9.17, 15) is 8.42 Å². The SMILES string of the molecule is CCOc1ccccc1Nc1ccc(NS(=O)(=O)c2ccc(C)cc2)cn1. The van der Waals surface area contributed by atoms with Gasteiger partial charge in [0, 0.05) is 0 Å². The van der Waals surface area contributed by atoms with E-state index in [0.717, 1.165) is 17.0 Å². The fraction of sp³-hybridized carbons (Fsp3) is 0.150. The van der Waals surface area contributed by atoms with Crippen LogP contribution in [0.25, 0.3) is 0 Å². The lowest BCUT2D eigenvalue weighted by Crippen LogP contribution is -2.13. The summed E-state index contributed by atoms with van der Waals surface area (Å²) in [6, 6.07) is 17.6. The van der Waals surface area contributed by atoms with Crippen molar-refractivity contribution in [2.45, 2.75) is 18.7 Å². The van der Waals surface area contributed by atoms with E-state index in [2.05, 4.69) is 15.0 Å². The summed E-state index contributed by atoms with van der Waals surface area (Å²) in [5.74, 6) is 1.31. The molecule has 0 unspecified atom stereocenters. The molecule has 3 aromatic rings. The van der Waals surface area contributed by atoms with Gasteiger partial charge in [0.1, 0.15) is 11.6 Å². The van der Waals surface area contributed by atoms with Crippen molar-refractivity contribution in [3.63, 3.8) is 0 Å². The van der Waals surface area contributed by atoms with E-state index >= 15 is 0 Å². The second kappa shape index (κ2) is 8.09. The molecule has 0 amide bonds. The molecule has 0 bridgehead atoms. The average Bonchev–Trinajstić information content (AvgIpc) is 2.65. The molecule has 7 heteroatoms. The average molecular weight is 383 g/mol. The zero-order valence-electron chi connectivity index (χ0n) is 15.1. The Bertz CT molecular complexity index is 1000. The summed E-state index contributed by atoms with van der Waals surface area (Å²) in [7, 11) is -3.65. The molecule has 2 N–H and O–H groups in total. The zero-order valence-corrected chi connectivity index (χ0v) is 16.0. The molecule has 0 spiro atoms. The third-order valence-electron chi connectivity index (χ3n) is 3.80. The number of sulfonamides is 1. The lowest BCUT2D eigenvalue weighted by Gasteiger charge is -2.12. The molecule has 0 aliphatic heterocycles. The minimum atomic E-state index is -3.65. The van der Waals surface area contributed by atoms with Crippen LogP contribution in [0, 0.1) is 6.92 Å². The van der Waals surface area contributed by atoms with Crippen molar-refractivity contribution in [1.82, 2.24) is 4.98 Å². The number of pyridine rings is 1. The summed E-state index contributed by atoms with van der Waals surface area (Å²) in [5, 5.41) is 3.17. The topological polar surface area (TPSA) is 80.3 Å². The molecule has 1 heterocycles. The standard InChI is InChI=1S/C20H21N3O3S/c1-3-26-19-7-5-4-6-18(19)22-20-13-10-16(14-21-20)23-27(24,25)17-11-8-15(2)9-12-17/h4-14,23H,3H2,1-2H3,(H,21,22). The van der Waals surface area contributed by atoms with Crippen molar-refractivity contribution >= 4 is 27.2 Å². The summed E-state index contributed by atoms with van der Waals surface area (Å²) < 4.78 is 33.0. The summed E-state index contributed by atoms with van der Waals surface area (Å²) >= 11 is 0. The number of benzene rings is 2. The highest BCUT2D eigenvalue weighted by Gasteiger charge is 2.14. The van der Waals surface area contributed by atoms with Gasteiger partial charge in [-0.25, -0.2) is 13.4 Å². The van der Waals surface area contributed by atoms with Crippen LogP contribution in [0.1, 0.15) is 12.5 Å². The Balaban J connectivity index is 1.73. The van der Waals surface area contributed by atoms with Crippen molar-refractivity contribution in [3.8, 4) is 5.75 Å². The van der Waals surface area contributed by atoms with Crippen LogP contribution in [-0.4, -0.2) is 20.0 Å². The summed E-state index contributed by atoms with van der Waals surface area (Å²) in [4.78, 5) is 4.48. The Morgan fingerprint density at radius 1 is 1.00 bits per heavy atom. The second-order valence-corrected chi connectivity index (χ2v) is 7.59. The number of hydrogen-bond acceptors (Lipinski definition) is 5. The predicted molar refractivity (Wildman–Crippen MR) is 107 cm³/mol. The lowest BCUT2D eigenvalue weighted by atomic mass is 10.2. The predicted octanol–water partition coefficient (Wildman–Crippen LogP) is 4.33. The first-order chi connectivity index (χ1) is 13.0. The second-order valence-electron chi connectivity index (χ2n) is 5.90. The van der Waals surface area contributed by atoms with Gasteiger partial charge in [-0.15, -0.1) is 0 Å². The molecule has 0 saturated carbocycles. The van der Waals surface area contributed by atoms with E-state index in [4.69, 9.17) is 4.74 Å². The van der Waals surface area contributed by atoms with Crippen molar-refractivity contribution < 1.29 is 13.2 Å². The van der Waals surface area contributed by atoms with Crippen molar-refractivity contribution in [2.75, 3.05) is 16.6 Å². The number of nitrogens with one attached hydrogen (secondary N) is 2. The number of ether oxygens (including phenoxy) is 1. The van der Waals surface area contributed by atoms with Crippen molar-refractivity contribution in [1.29, 1.82) is 0 Å². The van der Waals surface area contributed by atoms with Crippen LogP contribution in [0.4, 0.5) is 17.2 Å². The highest BCUT2D eigenvalue weighted by Crippen LogP contribution is 2.27. The van der Waals surface area contributed by atoms with Gasteiger partial charge in [0.15, 0.2) is 0 Å². The van der Waals surface area contributed by atoms with Crippen LogP contribution in [0.5, 0.6) is 5.75 Å². The Kier molecular flexibility index (Phi) is 5.61. The molecule has 2 aromatic carbocycles. The number of rotatable bonds is 7. The molecular formula is C20H21N3O3S. The summed E-state index contributed by atoms with van der Waals surface area (Å²) in [5.41, 5.74) is 2.18. The van der Waals surface area contributed by atoms with E-state index < -0.39 is 10.0 Å². The molecule has 0 radical (unpaired) electrons. The highest BCUT2D eigenvalue weighted by atomic mass is 32.2. The van der Waals surface area contributed by atoms with Crippen LogP contribution in [0.3, 0.4) is 0 Å². The third kappa shape index (κ3) is 4.77. The maximum atomic E-state index is 12.4. The van der Waals surface area contributed by atoms with Gasteiger partial charge in [-0.05, 0) is 50.2 Å². The van der Waals surface area contributed by atoms with E-state index in [1.807, 2.05) is 38.1 Å². The van der Waals surface area contributed by atoms with Crippen LogP contribution in [0.2, 0.25) is 0 Å². The maximum Gasteiger partial charge on any atom is 0.261 e. The van der Waals surface area contributed by atoms with E-state index in [1.165, 1.54) is 6.20 Å². The lowest BCUT2D eigenvalue weighted by molar-refractivity contribution is 0.342. The van der Waals surface area contributed by atoms with Gasteiger partial charge < -0.3 is 10.1 Å². The molecular weight excluding hydrogens is 362 g/mol. The number of hydrogen-bond donors (Lipinski definition) is 2. The van der Waals surface area contributed by atoms with Crippen LogP contribution < -0.4 is 14.8 Å². The number of nitrogens with zero attached hydrogens (tertiary/aromatic N) is 1. The van der Waals surface area contributed by atoms with Gasteiger partial charge in [0.05, 0.1) is 29.1 Å². The van der Waals surface area contributed by atoms with Crippen molar-refractivity contribution in [3.05, 3.63) is 72.4 Å². The molecule has 1 aromatic heterocycles. The first kappa shape index (κ1) is 18.7. The van der Waals surface area contributed by atoms with E-state index in [-0.39, 0.29) is 4.90 Å². The monoisotopic (exact) mass is 383 g/mol. The van der Waals surface area contributed by atoms with Gasteiger partial charge >= 0.3 is 0 Å². The fourth-order valence-electron chi connectivity index (χ4n) is 2.45. The minimum Gasteiger partial charge on any atom is -0.492 e. The molecule has 0 aliphatic rings. The fourth-order valence-corrected chi connectivity index (χ4v) is 3.49. The quantitative estimate of drug-likeness (QED) is 0.635. The normalized spacial score (nSPS) is 11.0. The van der Waals surface area contributed by atoms with Gasteiger partial charge in [-0.1, -0.05) is 29.8 Å². The van der Waals surface area contributed by atoms with Gasteiger partial charge in [-0.2, -0.15) is 0 Å². The molecule has 0 aliphatic carbocycles. The van der Waals surface area contributed by atoms with E-state index in [0.29, 0.717) is 18.1 Å². The Morgan fingerprint density at radius 2 is 1.74 bits per heavy atom. The molecule has 3 rings (SSSR count). The molecule has 0 atom stereocenters. The Labute approximate surface area is 159 Å². The first-order valence-corrected chi connectivity index (χ1v) is 10.0. The van der Waals surface area contributed by atoms with Crippen LogP contribution >= 0.6 is 0 Å². The molecule has 140 valence electrons. The van der Waals surface area contributed by atoms with Crippen molar-refractivity contribution in [2.24, 2.45) is 0 Å². The van der Waals surface area contributed by atoms with Gasteiger partial charge in [0.25, 0.3) is 10.0 Å². The van der Waals surface area contributed by atoms with Crippen LogP contribution in [-0.2, 0) is 10.0 Å². The number of aryl methyl sites for hydroxylation is 1. The smallest absolute Gasteiger partial charge is 0.261 e. The zero-order chi connectivity index (χ0) is 19.3. The molecule has 27 heavy (non-hydrogen) atoms. The Hall–Kier alpha value is -3.06. The first-order valence-electron chi connectivity index (χ1n) is 8.52. The number of anilines is 3. The third-order valence-corrected chi connectivity index (χ3v) is 5.19. The molecule has 0 saturated heterocycles. The maximum absolute atomic E-state index is 12.4. The van der Waals surface area contributed by atoms with Gasteiger partial charge in [0.2, 0.25) is 0 Å². The largest absolute Gasteiger partial charge is 0.492 e. The number of para-hydroxylation sites is 2. The summed E-state index contributed by atoms with van der Waals surface area (Å²) in [6.45, 7) is 4.39. The van der Waals surface area contributed by atoms with Crippen LogP contribution in [0.15, 0.2) is 71.8 Å². The number of aromatic nitrogens is 1. The summed E-state index contributed by atoms with van der Waals surface area (Å²) in [6.07, 6.45) is 1.47. The van der Waals surface area contributed by atoms with E-state index in [1.54, 1.807) is 36.4 Å². The highest BCUT2D eigenvalue weighted by molar-refractivity contribution is 7.92. The van der Waals surface area contributed by atoms with Gasteiger partial charge in [-0.3, -0.25) is 4.72 Å². The molecule has 6 nitrogen and oxygen atoms in total. The molecule has 0 fully saturated rings. The Morgan fingerprint density at radius 3 is 2.41 bits per heavy atom. The minimum absolute atomic E-state index is 0.209.